The second-order valence-electron chi connectivity index (χ2n) is 7.29. The Morgan fingerprint density at radius 1 is 1.11 bits per heavy atom. The van der Waals surface area contributed by atoms with E-state index >= 15 is 0 Å². The summed E-state index contributed by atoms with van der Waals surface area (Å²) in [6, 6.07) is 4.07. The van der Waals surface area contributed by atoms with Crippen molar-refractivity contribution >= 4 is 11.5 Å². The predicted octanol–water partition coefficient (Wildman–Crippen LogP) is 1.26. The first kappa shape index (κ1) is 16.4. The number of fused-ring (bicyclic) bond motifs is 2. The minimum atomic E-state index is 0.168. The van der Waals surface area contributed by atoms with Gasteiger partial charge in [0.25, 0.3) is 0 Å². The second-order valence-corrected chi connectivity index (χ2v) is 7.29. The van der Waals surface area contributed by atoms with Gasteiger partial charge < -0.3 is 9.64 Å². The van der Waals surface area contributed by atoms with Gasteiger partial charge in [0.05, 0.1) is 0 Å². The van der Waals surface area contributed by atoms with Crippen LogP contribution in [0.3, 0.4) is 0 Å². The van der Waals surface area contributed by atoms with Crippen molar-refractivity contribution in [2.45, 2.75) is 26.4 Å². The molecule has 0 aliphatic carbocycles. The summed E-state index contributed by atoms with van der Waals surface area (Å²) >= 11 is 0. The van der Waals surface area contributed by atoms with Gasteiger partial charge in [0.2, 0.25) is 5.88 Å². The van der Waals surface area contributed by atoms with E-state index in [0.29, 0.717) is 0 Å². The summed E-state index contributed by atoms with van der Waals surface area (Å²) in [6.45, 7) is 8.82. The average molecular weight is 365 g/mol. The number of ether oxygens (including phenoxy) is 1. The smallest absolute Gasteiger partial charge is 0.220 e. The van der Waals surface area contributed by atoms with Gasteiger partial charge in [-0.3, -0.25) is 4.90 Å². The third-order valence-corrected chi connectivity index (χ3v) is 5.40. The summed E-state index contributed by atoms with van der Waals surface area (Å²) in [5.41, 5.74) is 3.09. The van der Waals surface area contributed by atoms with E-state index in [1.165, 1.54) is 5.56 Å². The van der Waals surface area contributed by atoms with E-state index in [-0.39, 0.29) is 6.10 Å². The number of hydrogen-bond acceptors (Lipinski definition) is 7. The van der Waals surface area contributed by atoms with E-state index in [2.05, 4.69) is 35.9 Å². The molecule has 5 rings (SSSR count). The first-order valence-corrected chi connectivity index (χ1v) is 9.44. The van der Waals surface area contributed by atoms with Crippen molar-refractivity contribution in [3.05, 3.63) is 41.6 Å². The summed E-state index contributed by atoms with van der Waals surface area (Å²) in [5, 5.41) is 4.65. The van der Waals surface area contributed by atoms with E-state index < -0.39 is 0 Å². The Morgan fingerprint density at radius 3 is 2.81 bits per heavy atom. The van der Waals surface area contributed by atoms with Crippen LogP contribution in [-0.4, -0.2) is 68.3 Å². The average Bonchev–Trinajstić information content (AvgIpc) is 3.28. The fourth-order valence-electron chi connectivity index (χ4n) is 3.99. The van der Waals surface area contributed by atoms with Crippen LogP contribution in [0.5, 0.6) is 5.88 Å². The zero-order chi connectivity index (χ0) is 18.4. The fraction of sp³-hybridized carbons (Fsp3) is 0.474. The van der Waals surface area contributed by atoms with Gasteiger partial charge >= 0.3 is 0 Å². The molecule has 0 saturated carbocycles. The second kappa shape index (κ2) is 6.45. The fourth-order valence-corrected chi connectivity index (χ4v) is 3.99. The van der Waals surface area contributed by atoms with Crippen LogP contribution in [0.1, 0.15) is 17.1 Å². The third-order valence-electron chi connectivity index (χ3n) is 5.40. The molecule has 3 aromatic rings. The quantitative estimate of drug-likeness (QED) is 0.692. The molecule has 0 radical (unpaired) electrons. The number of imidazole rings is 1. The van der Waals surface area contributed by atoms with Gasteiger partial charge in [-0.1, -0.05) is 0 Å². The summed E-state index contributed by atoms with van der Waals surface area (Å²) < 4.78 is 7.92. The molecule has 0 spiro atoms. The number of piperazine rings is 1. The van der Waals surface area contributed by atoms with Gasteiger partial charge in [0, 0.05) is 62.8 Å². The number of nitrogens with zero attached hydrogens (tertiary/aromatic N) is 7. The first-order valence-electron chi connectivity index (χ1n) is 9.44. The van der Waals surface area contributed by atoms with Crippen molar-refractivity contribution in [3.63, 3.8) is 0 Å². The molecule has 2 aliphatic heterocycles. The number of aromatic nitrogens is 5. The van der Waals surface area contributed by atoms with E-state index in [9.17, 15) is 0 Å². The molecule has 1 atom stereocenters. The minimum Gasteiger partial charge on any atom is -0.472 e. The highest BCUT2D eigenvalue weighted by atomic mass is 16.5. The molecule has 1 saturated heterocycles. The summed E-state index contributed by atoms with van der Waals surface area (Å²) in [7, 11) is 0. The van der Waals surface area contributed by atoms with Gasteiger partial charge in [-0.25, -0.2) is 14.5 Å². The highest BCUT2D eigenvalue weighted by Gasteiger charge is 2.29. The van der Waals surface area contributed by atoms with Gasteiger partial charge in [0.15, 0.2) is 5.65 Å². The summed E-state index contributed by atoms with van der Waals surface area (Å²) in [5.74, 6) is 2.57. The molecule has 0 aromatic carbocycles. The highest BCUT2D eigenvalue weighted by Crippen LogP contribution is 2.29. The van der Waals surface area contributed by atoms with E-state index in [0.717, 1.165) is 68.0 Å². The van der Waals surface area contributed by atoms with Crippen molar-refractivity contribution in [3.8, 4) is 5.88 Å². The van der Waals surface area contributed by atoms with Crippen LogP contribution in [0.15, 0.2) is 24.5 Å². The van der Waals surface area contributed by atoms with Crippen LogP contribution in [0.4, 0.5) is 5.82 Å². The van der Waals surface area contributed by atoms with Crippen LogP contribution in [-0.2, 0) is 6.42 Å². The molecule has 0 N–H and O–H groups in total. The molecule has 5 heterocycles. The molecule has 0 bridgehead atoms. The zero-order valence-corrected chi connectivity index (χ0v) is 15.7. The maximum Gasteiger partial charge on any atom is 0.220 e. The molecule has 0 unspecified atom stereocenters. The number of hydrogen-bond donors (Lipinski definition) is 0. The van der Waals surface area contributed by atoms with Crippen LogP contribution >= 0.6 is 0 Å². The zero-order valence-electron chi connectivity index (χ0n) is 15.7. The Bertz CT molecular complexity index is 977. The minimum absolute atomic E-state index is 0.168. The molecular weight excluding hydrogens is 342 g/mol. The van der Waals surface area contributed by atoms with Crippen LogP contribution in [0, 0.1) is 13.8 Å². The van der Waals surface area contributed by atoms with E-state index in [1.807, 2.05) is 30.6 Å². The van der Waals surface area contributed by atoms with Crippen LogP contribution < -0.4 is 9.64 Å². The molecule has 3 aromatic heterocycles. The van der Waals surface area contributed by atoms with E-state index in [1.54, 1.807) is 6.20 Å². The molecule has 27 heavy (non-hydrogen) atoms. The Hall–Kier alpha value is -2.74. The maximum atomic E-state index is 6.09. The standard InChI is InChI=1S/C19H23N7O/c1-13-16-11-15(27-19(16)22-14(2)21-13)12-24-7-9-25(10-8-24)18-4-3-17-20-5-6-26(17)23-18/h3-6,15H,7-12H2,1-2H3/t15-/m0/s1. The Labute approximate surface area is 157 Å². The highest BCUT2D eigenvalue weighted by molar-refractivity contribution is 5.46. The number of anilines is 1. The SMILES string of the molecule is Cc1nc(C)c2c(n1)O[C@H](CN1CCN(c3ccc4nccn4n3)CC1)C2. The molecule has 8 heteroatoms. The Morgan fingerprint density at radius 2 is 1.96 bits per heavy atom. The molecule has 0 amide bonds. The van der Waals surface area contributed by atoms with Gasteiger partial charge in [-0.2, -0.15) is 4.98 Å². The molecule has 140 valence electrons. The Balaban J connectivity index is 1.20. The largest absolute Gasteiger partial charge is 0.472 e. The lowest BCUT2D eigenvalue weighted by molar-refractivity contribution is 0.141. The lowest BCUT2D eigenvalue weighted by atomic mass is 10.1. The van der Waals surface area contributed by atoms with Gasteiger partial charge in [-0.05, 0) is 26.0 Å². The lowest BCUT2D eigenvalue weighted by Crippen LogP contribution is -2.49. The maximum absolute atomic E-state index is 6.09. The van der Waals surface area contributed by atoms with Crippen molar-refractivity contribution in [2.24, 2.45) is 0 Å². The van der Waals surface area contributed by atoms with Gasteiger partial charge in [-0.15, -0.1) is 5.10 Å². The third kappa shape index (κ3) is 3.10. The van der Waals surface area contributed by atoms with E-state index in [4.69, 9.17) is 4.74 Å². The molecular formula is C19H23N7O. The van der Waals surface area contributed by atoms with Gasteiger partial charge in [0.1, 0.15) is 17.7 Å². The number of aryl methyl sites for hydroxylation is 2. The van der Waals surface area contributed by atoms with Crippen molar-refractivity contribution in [1.29, 1.82) is 0 Å². The predicted molar refractivity (Wildman–Crippen MR) is 101 cm³/mol. The first-order chi connectivity index (χ1) is 13.2. The number of rotatable bonds is 3. The van der Waals surface area contributed by atoms with Crippen LogP contribution in [0.25, 0.3) is 5.65 Å². The van der Waals surface area contributed by atoms with Crippen LogP contribution in [0.2, 0.25) is 0 Å². The molecule has 8 nitrogen and oxygen atoms in total. The summed E-state index contributed by atoms with van der Waals surface area (Å²) in [4.78, 5) is 18.0. The molecule has 2 aliphatic rings. The topological polar surface area (TPSA) is 71.7 Å². The normalized spacial score (nSPS) is 20.1. The van der Waals surface area contributed by atoms with Crippen molar-refractivity contribution in [2.75, 3.05) is 37.6 Å². The Kier molecular flexibility index (Phi) is 3.93. The lowest BCUT2D eigenvalue weighted by Gasteiger charge is -2.36. The monoisotopic (exact) mass is 365 g/mol. The summed E-state index contributed by atoms with van der Waals surface area (Å²) in [6.07, 6.45) is 4.73. The van der Waals surface area contributed by atoms with Crippen molar-refractivity contribution < 1.29 is 4.74 Å². The van der Waals surface area contributed by atoms with Crippen molar-refractivity contribution in [1.82, 2.24) is 29.5 Å². The molecule has 1 fully saturated rings.